The third-order valence-corrected chi connectivity index (χ3v) is 4.61. The number of hydrogen-bond donors (Lipinski definition) is 1. The minimum absolute atomic E-state index is 0.155. The molecule has 1 saturated heterocycles. The third-order valence-electron chi connectivity index (χ3n) is 4.61. The number of ether oxygens (including phenoxy) is 1. The van der Waals surface area contributed by atoms with Gasteiger partial charge in [0.25, 0.3) is 0 Å². The number of rotatable bonds is 1. The molecule has 1 aromatic rings. The molecule has 0 radical (unpaired) electrons. The Kier molecular flexibility index (Phi) is 3.50. The first-order chi connectivity index (χ1) is 9.22. The molecule has 3 rings (SSSR count). The summed E-state index contributed by atoms with van der Waals surface area (Å²) in [5, 5.41) is 10.4. The second-order valence-corrected chi connectivity index (χ2v) is 5.83. The molecule has 2 heterocycles. The molecule has 0 saturated carbocycles. The summed E-state index contributed by atoms with van der Waals surface area (Å²) in [6.45, 7) is 5.55. The fourth-order valence-corrected chi connectivity index (χ4v) is 3.43. The summed E-state index contributed by atoms with van der Waals surface area (Å²) in [5.41, 5.74) is 0.794. The fraction of sp³-hybridized carbons (Fsp3) is 0.625. The van der Waals surface area contributed by atoms with E-state index in [2.05, 4.69) is 11.8 Å². The van der Waals surface area contributed by atoms with Gasteiger partial charge in [0, 0.05) is 18.5 Å². The second kappa shape index (κ2) is 5.14. The highest BCUT2D eigenvalue weighted by Gasteiger charge is 2.41. The van der Waals surface area contributed by atoms with Gasteiger partial charge in [0.1, 0.15) is 11.4 Å². The minimum atomic E-state index is -0.377. The molecular weight excluding hydrogens is 238 g/mol. The first-order valence-electron chi connectivity index (χ1n) is 7.41. The Morgan fingerprint density at radius 1 is 1.32 bits per heavy atom. The molecule has 1 spiro atoms. The van der Waals surface area contributed by atoms with Gasteiger partial charge in [0.2, 0.25) is 0 Å². The van der Waals surface area contributed by atoms with E-state index < -0.39 is 0 Å². The molecule has 1 N–H and O–H groups in total. The monoisotopic (exact) mass is 261 g/mol. The van der Waals surface area contributed by atoms with E-state index in [0.717, 1.165) is 56.6 Å². The molecule has 2 aliphatic rings. The van der Waals surface area contributed by atoms with Gasteiger partial charge in [-0.3, -0.25) is 0 Å². The Balaban J connectivity index is 1.83. The van der Waals surface area contributed by atoms with Crippen LogP contribution in [0.2, 0.25) is 0 Å². The minimum Gasteiger partial charge on any atom is -0.487 e. The van der Waals surface area contributed by atoms with Crippen molar-refractivity contribution in [3.8, 4) is 5.75 Å². The lowest BCUT2D eigenvalue weighted by molar-refractivity contribution is -0.0238. The van der Waals surface area contributed by atoms with Gasteiger partial charge in [0.05, 0.1) is 6.10 Å². The van der Waals surface area contributed by atoms with Gasteiger partial charge in [0.15, 0.2) is 0 Å². The van der Waals surface area contributed by atoms with Crippen LogP contribution in [-0.4, -0.2) is 35.2 Å². The molecule has 0 bridgehead atoms. The number of likely N-dealkylation sites (tertiary alicyclic amines) is 1. The molecule has 2 aliphatic heterocycles. The summed E-state index contributed by atoms with van der Waals surface area (Å²) in [6, 6.07) is 7.92. The predicted molar refractivity (Wildman–Crippen MR) is 75.3 cm³/mol. The summed E-state index contributed by atoms with van der Waals surface area (Å²) < 4.78 is 6.32. The van der Waals surface area contributed by atoms with Crippen molar-refractivity contribution in [2.75, 3.05) is 19.6 Å². The standard InChI is InChI=1S/C16H23NO2/c1-2-17-10-5-8-16(9-11-17)12-14(18)13-6-3-4-7-15(13)19-16/h3-4,6-7,14,18H,2,5,8-12H2,1H3. The molecule has 19 heavy (non-hydrogen) atoms. The van der Waals surface area contributed by atoms with Crippen molar-refractivity contribution < 1.29 is 9.84 Å². The predicted octanol–water partition coefficient (Wildman–Crippen LogP) is 2.75. The number of hydrogen-bond acceptors (Lipinski definition) is 3. The van der Waals surface area contributed by atoms with Crippen LogP contribution in [-0.2, 0) is 0 Å². The van der Waals surface area contributed by atoms with E-state index in [1.54, 1.807) is 0 Å². The van der Waals surface area contributed by atoms with Crippen molar-refractivity contribution in [2.45, 2.75) is 44.3 Å². The van der Waals surface area contributed by atoms with Crippen molar-refractivity contribution in [3.63, 3.8) is 0 Å². The van der Waals surface area contributed by atoms with E-state index in [1.807, 2.05) is 24.3 Å². The van der Waals surface area contributed by atoms with Crippen LogP contribution in [0.4, 0.5) is 0 Å². The summed E-state index contributed by atoms with van der Waals surface area (Å²) in [6.07, 6.45) is 3.59. The summed E-state index contributed by atoms with van der Waals surface area (Å²) in [4.78, 5) is 2.48. The van der Waals surface area contributed by atoms with E-state index in [4.69, 9.17) is 4.74 Å². The van der Waals surface area contributed by atoms with Crippen LogP contribution in [0.15, 0.2) is 24.3 Å². The number of fused-ring (bicyclic) bond motifs is 1. The van der Waals surface area contributed by atoms with Gasteiger partial charge in [-0.05, 0) is 38.4 Å². The highest BCUT2D eigenvalue weighted by atomic mass is 16.5. The van der Waals surface area contributed by atoms with E-state index in [9.17, 15) is 5.11 Å². The number of aliphatic hydroxyl groups is 1. The number of para-hydroxylation sites is 1. The Labute approximate surface area is 115 Å². The lowest BCUT2D eigenvalue weighted by atomic mass is 9.83. The fourth-order valence-electron chi connectivity index (χ4n) is 3.43. The molecule has 104 valence electrons. The highest BCUT2D eigenvalue weighted by Crippen LogP contribution is 2.43. The van der Waals surface area contributed by atoms with Crippen molar-refractivity contribution in [1.29, 1.82) is 0 Å². The molecular formula is C16H23NO2. The highest BCUT2D eigenvalue weighted by molar-refractivity contribution is 5.38. The average molecular weight is 261 g/mol. The van der Waals surface area contributed by atoms with E-state index >= 15 is 0 Å². The van der Waals surface area contributed by atoms with Crippen LogP contribution >= 0.6 is 0 Å². The van der Waals surface area contributed by atoms with Crippen LogP contribution in [0.25, 0.3) is 0 Å². The molecule has 1 aromatic carbocycles. The second-order valence-electron chi connectivity index (χ2n) is 5.83. The zero-order chi connectivity index (χ0) is 13.3. The summed E-state index contributed by atoms with van der Waals surface area (Å²) in [7, 11) is 0. The molecule has 1 fully saturated rings. The maximum atomic E-state index is 10.4. The van der Waals surface area contributed by atoms with Crippen LogP contribution in [0.3, 0.4) is 0 Å². The van der Waals surface area contributed by atoms with E-state index in [0.29, 0.717) is 0 Å². The van der Waals surface area contributed by atoms with Gasteiger partial charge in [-0.1, -0.05) is 25.1 Å². The largest absolute Gasteiger partial charge is 0.487 e. The van der Waals surface area contributed by atoms with Crippen LogP contribution in [0.1, 0.15) is 44.3 Å². The Bertz CT molecular complexity index is 448. The average Bonchev–Trinajstić information content (AvgIpc) is 2.61. The molecule has 0 aromatic heterocycles. The number of aliphatic hydroxyl groups excluding tert-OH is 1. The lowest BCUT2D eigenvalue weighted by Gasteiger charge is -2.40. The molecule has 0 aliphatic carbocycles. The van der Waals surface area contributed by atoms with Gasteiger partial charge in [-0.15, -0.1) is 0 Å². The van der Waals surface area contributed by atoms with Crippen LogP contribution < -0.4 is 4.74 Å². The zero-order valence-corrected chi connectivity index (χ0v) is 11.6. The van der Waals surface area contributed by atoms with Gasteiger partial charge < -0.3 is 14.7 Å². The van der Waals surface area contributed by atoms with Gasteiger partial charge >= 0.3 is 0 Å². The maximum Gasteiger partial charge on any atom is 0.125 e. The molecule has 3 heteroatoms. The van der Waals surface area contributed by atoms with Crippen LogP contribution in [0, 0.1) is 0 Å². The third kappa shape index (κ3) is 2.49. The van der Waals surface area contributed by atoms with Crippen LogP contribution in [0.5, 0.6) is 5.75 Å². The molecule has 0 amide bonds. The maximum absolute atomic E-state index is 10.4. The quantitative estimate of drug-likeness (QED) is 0.843. The van der Waals surface area contributed by atoms with Crippen molar-refractivity contribution in [3.05, 3.63) is 29.8 Å². The summed E-state index contributed by atoms with van der Waals surface area (Å²) in [5.74, 6) is 0.881. The normalized spacial score (nSPS) is 31.6. The van der Waals surface area contributed by atoms with E-state index in [-0.39, 0.29) is 11.7 Å². The number of nitrogens with zero attached hydrogens (tertiary/aromatic N) is 1. The summed E-state index contributed by atoms with van der Waals surface area (Å²) >= 11 is 0. The smallest absolute Gasteiger partial charge is 0.125 e. The van der Waals surface area contributed by atoms with Crippen molar-refractivity contribution >= 4 is 0 Å². The van der Waals surface area contributed by atoms with Crippen molar-refractivity contribution in [2.24, 2.45) is 0 Å². The first kappa shape index (κ1) is 12.9. The Hall–Kier alpha value is -1.06. The van der Waals surface area contributed by atoms with Gasteiger partial charge in [-0.25, -0.2) is 0 Å². The van der Waals surface area contributed by atoms with Crippen molar-refractivity contribution in [1.82, 2.24) is 4.90 Å². The van der Waals surface area contributed by atoms with E-state index in [1.165, 1.54) is 0 Å². The number of benzene rings is 1. The topological polar surface area (TPSA) is 32.7 Å². The Morgan fingerprint density at radius 3 is 3.00 bits per heavy atom. The molecule has 2 unspecified atom stereocenters. The molecule has 2 atom stereocenters. The van der Waals surface area contributed by atoms with Gasteiger partial charge in [-0.2, -0.15) is 0 Å². The lowest BCUT2D eigenvalue weighted by Crippen LogP contribution is -2.42. The first-order valence-corrected chi connectivity index (χ1v) is 7.41. The molecule has 3 nitrogen and oxygen atoms in total. The zero-order valence-electron chi connectivity index (χ0n) is 11.6. The SMILES string of the molecule is CCN1CCCC2(CC1)CC(O)c1ccccc1O2. The Morgan fingerprint density at radius 2 is 2.16 bits per heavy atom.